The SMILES string of the molecule is [CH]C1(CN)CC[C@H](C(=O)OC(C)(C)C)C1. The number of rotatable bonds is 2. The molecule has 1 aliphatic carbocycles. The summed E-state index contributed by atoms with van der Waals surface area (Å²) in [4.78, 5) is 11.7. The third-order valence-corrected chi connectivity index (χ3v) is 2.79. The van der Waals surface area contributed by atoms with Crippen LogP contribution >= 0.6 is 0 Å². The molecule has 3 nitrogen and oxygen atoms in total. The molecule has 3 heteroatoms. The quantitative estimate of drug-likeness (QED) is 0.708. The van der Waals surface area contributed by atoms with Crippen molar-refractivity contribution in [1.29, 1.82) is 0 Å². The molecule has 1 fully saturated rings. The van der Waals surface area contributed by atoms with Crippen LogP contribution in [0, 0.1) is 18.3 Å². The Labute approximate surface area is 92.4 Å². The molecule has 0 aliphatic heterocycles. The molecule has 1 saturated carbocycles. The molecule has 15 heavy (non-hydrogen) atoms. The van der Waals surface area contributed by atoms with E-state index in [1.54, 1.807) is 0 Å². The van der Waals surface area contributed by atoms with Gasteiger partial charge in [-0.3, -0.25) is 4.79 Å². The standard InChI is InChI=1S/C12H21NO2/c1-11(2,3)15-10(14)9-5-6-12(4,7-9)8-13/h4,9H,5-8,13H2,1-3H3/t9-,12?/m0/s1. The van der Waals surface area contributed by atoms with E-state index in [0.29, 0.717) is 13.0 Å². The first kappa shape index (κ1) is 12.5. The Balaban J connectivity index is 2.51. The van der Waals surface area contributed by atoms with Gasteiger partial charge in [-0.15, -0.1) is 0 Å². The summed E-state index contributed by atoms with van der Waals surface area (Å²) in [7, 11) is 0. The van der Waals surface area contributed by atoms with Crippen LogP contribution in [0.2, 0.25) is 0 Å². The lowest BCUT2D eigenvalue weighted by Gasteiger charge is -2.23. The highest BCUT2D eigenvalue weighted by molar-refractivity contribution is 5.73. The maximum atomic E-state index is 11.7. The molecular formula is C12H21NO2. The predicted octanol–water partition coefficient (Wildman–Crippen LogP) is 1.78. The molecule has 2 atom stereocenters. The number of carbonyl (C=O) groups excluding carboxylic acids is 1. The minimum absolute atomic E-state index is 0.0715. The molecule has 2 N–H and O–H groups in total. The van der Waals surface area contributed by atoms with Crippen LogP contribution in [-0.4, -0.2) is 18.1 Å². The van der Waals surface area contributed by atoms with Crippen molar-refractivity contribution >= 4 is 5.97 Å². The molecule has 0 aromatic carbocycles. The highest BCUT2D eigenvalue weighted by Gasteiger charge is 2.39. The van der Waals surface area contributed by atoms with Gasteiger partial charge in [-0.1, -0.05) is 0 Å². The maximum Gasteiger partial charge on any atom is 0.309 e. The number of ether oxygens (including phenoxy) is 1. The Morgan fingerprint density at radius 1 is 1.60 bits per heavy atom. The molecule has 0 aromatic heterocycles. The third kappa shape index (κ3) is 3.49. The third-order valence-electron chi connectivity index (χ3n) is 2.79. The van der Waals surface area contributed by atoms with E-state index >= 15 is 0 Å². The first-order chi connectivity index (χ1) is 6.76. The van der Waals surface area contributed by atoms with E-state index < -0.39 is 5.60 Å². The van der Waals surface area contributed by atoms with Crippen LogP contribution in [0.3, 0.4) is 0 Å². The van der Waals surface area contributed by atoms with Crippen LogP contribution in [0.1, 0.15) is 40.0 Å². The van der Waals surface area contributed by atoms with Crippen molar-refractivity contribution in [3.63, 3.8) is 0 Å². The van der Waals surface area contributed by atoms with E-state index in [4.69, 9.17) is 17.4 Å². The highest BCUT2D eigenvalue weighted by atomic mass is 16.6. The minimum atomic E-state index is -0.417. The monoisotopic (exact) mass is 211 g/mol. The average molecular weight is 211 g/mol. The number of hydrogen-bond donors (Lipinski definition) is 1. The van der Waals surface area contributed by atoms with Crippen LogP contribution in [0.4, 0.5) is 0 Å². The molecule has 1 aliphatic rings. The fraction of sp³-hybridized carbons (Fsp3) is 0.833. The Kier molecular flexibility index (Phi) is 3.44. The molecule has 0 amide bonds. The molecule has 0 saturated heterocycles. The van der Waals surface area contributed by atoms with Crippen LogP contribution in [0.25, 0.3) is 0 Å². The molecule has 0 spiro atoms. The van der Waals surface area contributed by atoms with Crippen LogP contribution in [-0.2, 0) is 9.53 Å². The normalized spacial score (nSPS) is 31.7. The summed E-state index contributed by atoms with van der Waals surface area (Å²) in [6, 6.07) is 0. The van der Waals surface area contributed by atoms with Gasteiger partial charge in [0, 0.05) is 0 Å². The second-order valence-electron chi connectivity index (χ2n) is 5.54. The molecule has 1 unspecified atom stereocenters. The van der Waals surface area contributed by atoms with Crippen LogP contribution < -0.4 is 5.73 Å². The average Bonchev–Trinajstić information content (AvgIpc) is 2.46. The van der Waals surface area contributed by atoms with Crippen molar-refractivity contribution in [2.24, 2.45) is 17.1 Å². The van der Waals surface area contributed by atoms with E-state index in [2.05, 4.69) is 0 Å². The van der Waals surface area contributed by atoms with Crippen molar-refractivity contribution < 1.29 is 9.53 Å². The second kappa shape index (κ2) is 4.12. The zero-order valence-electron chi connectivity index (χ0n) is 9.88. The molecule has 1 rings (SSSR count). The number of nitrogens with two attached hydrogens (primary N) is 1. The van der Waals surface area contributed by atoms with Crippen molar-refractivity contribution in [1.82, 2.24) is 0 Å². The summed E-state index contributed by atoms with van der Waals surface area (Å²) in [6.45, 7) is 12.1. The second-order valence-corrected chi connectivity index (χ2v) is 5.54. The van der Waals surface area contributed by atoms with E-state index in [0.717, 1.165) is 12.8 Å². The minimum Gasteiger partial charge on any atom is -0.460 e. The van der Waals surface area contributed by atoms with Crippen LogP contribution in [0.15, 0.2) is 0 Å². The first-order valence-corrected chi connectivity index (χ1v) is 5.48. The lowest BCUT2D eigenvalue weighted by Crippen LogP contribution is -2.29. The topological polar surface area (TPSA) is 52.3 Å². The van der Waals surface area contributed by atoms with Crippen molar-refractivity contribution in [2.45, 2.75) is 45.6 Å². The number of carbonyl (C=O) groups is 1. The van der Waals surface area contributed by atoms with Crippen molar-refractivity contribution in [3.05, 3.63) is 6.92 Å². The number of hydrogen-bond acceptors (Lipinski definition) is 3. The maximum absolute atomic E-state index is 11.7. The lowest BCUT2D eigenvalue weighted by molar-refractivity contribution is -0.159. The van der Waals surface area contributed by atoms with Crippen LogP contribution in [0.5, 0.6) is 0 Å². The van der Waals surface area contributed by atoms with Gasteiger partial charge in [-0.05, 0) is 58.9 Å². The largest absolute Gasteiger partial charge is 0.460 e. The van der Waals surface area contributed by atoms with Crippen molar-refractivity contribution in [3.8, 4) is 0 Å². The molecule has 0 aromatic rings. The summed E-state index contributed by atoms with van der Waals surface area (Å²) >= 11 is 0. The Hall–Kier alpha value is -0.570. The van der Waals surface area contributed by atoms with Gasteiger partial charge < -0.3 is 10.5 Å². The van der Waals surface area contributed by atoms with Gasteiger partial charge in [0.15, 0.2) is 0 Å². The molecule has 0 bridgehead atoms. The van der Waals surface area contributed by atoms with Gasteiger partial charge in [0.1, 0.15) is 5.60 Å². The molecule has 86 valence electrons. The summed E-state index contributed by atoms with van der Waals surface area (Å²) in [5.41, 5.74) is 4.80. The summed E-state index contributed by atoms with van der Waals surface area (Å²) < 4.78 is 5.32. The predicted molar refractivity (Wildman–Crippen MR) is 59.0 cm³/mol. The first-order valence-electron chi connectivity index (χ1n) is 5.48. The van der Waals surface area contributed by atoms with E-state index in [1.807, 2.05) is 20.8 Å². The molecular weight excluding hydrogens is 190 g/mol. The van der Waals surface area contributed by atoms with Crippen molar-refractivity contribution in [2.75, 3.05) is 6.54 Å². The smallest absolute Gasteiger partial charge is 0.309 e. The highest BCUT2D eigenvalue weighted by Crippen LogP contribution is 2.41. The van der Waals surface area contributed by atoms with E-state index in [-0.39, 0.29) is 17.3 Å². The molecule has 0 heterocycles. The fourth-order valence-electron chi connectivity index (χ4n) is 1.93. The van der Waals surface area contributed by atoms with Gasteiger partial charge in [0.25, 0.3) is 0 Å². The summed E-state index contributed by atoms with van der Waals surface area (Å²) in [5.74, 6) is -0.207. The Morgan fingerprint density at radius 3 is 2.60 bits per heavy atom. The Morgan fingerprint density at radius 2 is 2.20 bits per heavy atom. The van der Waals surface area contributed by atoms with E-state index in [1.165, 1.54) is 0 Å². The van der Waals surface area contributed by atoms with Gasteiger partial charge in [-0.2, -0.15) is 0 Å². The summed E-state index contributed by atoms with van der Waals surface area (Å²) in [5, 5.41) is 0. The van der Waals surface area contributed by atoms with Gasteiger partial charge in [0.05, 0.1) is 5.92 Å². The summed E-state index contributed by atoms with van der Waals surface area (Å²) in [6.07, 6.45) is 2.26. The zero-order valence-corrected chi connectivity index (χ0v) is 9.88. The lowest BCUT2D eigenvalue weighted by atomic mass is 9.88. The number of esters is 1. The molecule has 2 radical (unpaired) electrons. The zero-order chi connectivity index (χ0) is 11.7. The Bertz CT molecular complexity index is 244. The van der Waals surface area contributed by atoms with Gasteiger partial charge in [0.2, 0.25) is 0 Å². The van der Waals surface area contributed by atoms with Gasteiger partial charge in [-0.25, -0.2) is 0 Å². The fourth-order valence-corrected chi connectivity index (χ4v) is 1.93. The van der Waals surface area contributed by atoms with E-state index in [9.17, 15) is 4.79 Å². The van der Waals surface area contributed by atoms with Gasteiger partial charge >= 0.3 is 5.97 Å².